The number of hydrogen-bond donors (Lipinski definition) is 1. The van der Waals surface area contributed by atoms with Crippen molar-refractivity contribution < 1.29 is 28.9 Å². The lowest BCUT2D eigenvalue weighted by atomic mass is 9.52. The molecule has 174 valence electrons. The van der Waals surface area contributed by atoms with Crippen molar-refractivity contribution in [2.24, 2.45) is 23.7 Å². The zero-order valence-electron chi connectivity index (χ0n) is 19.0. The number of phenols is 1. The molecular weight excluding hydrogens is 408 g/mol. The predicted molar refractivity (Wildman–Crippen MR) is 120 cm³/mol. The first-order valence-corrected chi connectivity index (χ1v) is 11.9. The summed E-state index contributed by atoms with van der Waals surface area (Å²) in [6.45, 7) is 4.20. The van der Waals surface area contributed by atoms with Crippen molar-refractivity contribution in [1.29, 1.82) is 0 Å². The summed E-state index contributed by atoms with van der Waals surface area (Å²) in [4.78, 5) is 24.7. The third kappa shape index (κ3) is 4.70. The molecule has 2 unspecified atom stereocenters. The third-order valence-corrected chi connectivity index (χ3v) is 7.22. The second-order valence-electron chi connectivity index (χ2n) is 9.43. The largest absolute Gasteiger partial charge is 0.508 e. The molecule has 0 saturated heterocycles. The number of phenolic OH excluding ortho intramolecular Hbond substituents is 1. The Bertz CT molecular complexity index is 843. The molecule has 4 saturated carbocycles. The summed E-state index contributed by atoms with van der Waals surface area (Å²) in [6.07, 6.45) is 8.06. The van der Waals surface area contributed by atoms with Crippen LogP contribution in [0.4, 0.5) is 0 Å². The summed E-state index contributed by atoms with van der Waals surface area (Å²) < 4.78 is 16.8. The number of esters is 2. The topological polar surface area (TPSA) is 82.1 Å². The van der Waals surface area contributed by atoms with Gasteiger partial charge >= 0.3 is 11.9 Å². The molecule has 0 aliphatic heterocycles. The van der Waals surface area contributed by atoms with Crippen molar-refractivity contribution >= 4 is 18.0 Å². The van der Waals surface area contributed by atoms with Gasteiger partial charge in [-0.3, -0.25) is 9.59 Å². The highest BCUT2D eigenvalue weighted by atomic mass is 16.6. The molecule has 0 spiro atoms. The van der Waals surface area contributed by atoms with Crippen LogP contribution >= 0.6 is 0 Å². The molecule has 0 heterocycles. The number of carbonyl (C=O) groups is 2. The zero-order valence-corrected chi connectivity index (χ0v) is 19.0. The van der Waals surface area contributed by atoms with Gasteiger partial charge < -0.3 is 19.3 Å². The number of ether oxygens (including phenoxy) is 3. The van der Waals surface area contributed by atoms with Crippen LogP contribution in [0.25, 0.3) is 6.08 Å². The fraction of sp³-hybridized carbons (Fsp3) is 0.615. The van der Waals surface area contributed by atoms with Crippen molar-refractivity contribution in [3.8, 4) is 5.75 Å². The van der Waals surface area contributed by atoms with E-state index in [-0.39, 0.29) is 31.0 Å². The highest BCUT2D eigenvalue weighted by Crippen LogP contribution is 2.60. The lowest BCUT2D eigenvalue weighted by Crippen LogP contribution is -2.54. The first kappa shape index (κ1) is 22.8. The molecule has 1 aromatic rings. The van der Waals surface area contributed by atoms with Crippen molar-refractivity contribution in [1.82, 2.24) is 0 Å². The van der Waals surface area contributed by atoms with Crippen LogP contribution in [0.15, 0.2) is 29.8 Å². The number of rotatable bonds is 9. The average Bonchev–Trinajstić information content (AvgIpc) is 2.74. The number of carbonyl (C=O) groups excluding carboxylic acids is 2. The molecule has 0 amide bonds. The van der Waals surface area contributed by atoms with Crippen molar-refractivity contribution in [2.75, 3.05) is 19.8 Å². The van der Waals surface area contributed by atoms with Gasteiger partial charge in [0.2, 0.25) is 0 Å². The average molecular weight is 443 g/mol. The third-order valence-electron chi connectivity index (χ3n) is 7.22. The van der Waals surface area contributed by atoms with Gasteiger partial charge in [0.1, 0.15) is 5.75 Å². The van der Waals surface area contributed by atoms with Gasteiger partial charge in [0, 0.05) is 6.61 Å². The summed E-state index contributed by atoms with van der Waals surface area (Å²) in [7, 11) is 0. The second-order valence-corrected chi connectivity index (χ2v) is 9.43. The molecule has 4 fully saturated rings. The Kier molecular flexibility index (Phi) is 6.89. The van der Waals surface area contributed by atoms with Crippen LogP contribution in [-0.2, 0) is 23.8 Å². The van der Waals surface area contributed by atoms with Crippen LogP contribution in [-0.4, -0.2) is 42.5 Å². The molecule has 1 N–H and O–H groups in total. The highest BCUT2D eigenvalue weighted by molar-refractivity contribution is 5.94. The molecule has 1 aromatic carbocycles. The van der Waals surface area contributed by atoms with Crippen LogP contribution in [0.1, 0.15) is 57.9 Å². The Balaban J connectivity index is 1.53. The minimum Gasteiger partial charge on any atom is -0.508 e. The van der Waals surface area contributed by atoms with Gasteiger partial charge in [-0.25, -0.2) is 0 Å². The molecule has 0 radical (unpaired) electrons. The van der Waals surface area contributed by atoms with Gasteiger partial charge in [0.05, 0.1) is 18.8 Å². The van der Waals surface area contributed by atoms with Crippen molar-refractivity contribution in [3.05, 3.63) is 35.4 Å². The maximum Gasteiger partial charge on any atom is 0.320 e. The Labute approximate surface area is 189 Å². The van der Waals surface area contributed by atoms with Gasteiger partial charge in [-0.1, -0.05) is 18.2 Å². The van der Waals surface area contributed by atoms with E-state index in [2.05, 4.69) is 6.08 Å². The lowest BCUT2D eigenvalue weighted by Gasteiger charge is -2.58. The molecular formula is C26H34O6. The number of aromatic hydroxyl groups is 1. The maximum atomic E-state index is 12.3. The highest BCUT2D eigenvalue weighted by Gasteiger charge is 2.54. The normalized spacial score (nSPS) is 29.5. The van der Waals surface area contributed by atoms with Gasteiger partial charge in [-0.2, -0.15) is 0 Å². The van der Waals surface area contributed by atoms with Crippen LogP contribution < -0.4 is 0 Å². The van der Waals surface area contributed by atoms with E-state index in [4.69, 9.17) is 14.2 Å². The zero-order chi connectivity index (χ0) is 22.7. The van der Waals surface area contributed by atoms with Crippen LogP contribution in [0.2, 0.25) is 0 Å². The summed E-state index contributed by atoms with van der Waals surface area (Å²) >= 11 is 0. The van der Waals surface area contributed by atoms with E-state index < -0.39 is 17.9 Å². The Morgan fingerprint density at radius 1 is 1.09 bits per heavy atom. The Hall–Kier alpha value is -2.34. The lowest BCUT2D eigenvalue weighted by molar-refractivity contribution is -0.165. The van der Waals surface area contributed by atoms with E-state index in [1.807, 2.05) is 12.1 Å². The van der Waals surface area contributed by atoms with Gasteiger partial charge in [-0.15, -0.1) is 0 Å². The monoisotopic (exact) mass is 442 g/mol. The first-order chi connectivity index (χ1) is 15.4. The minimum atomic E-state index is -0.956. The molecule has 0 aromatic heterocycles. The van der Waals surface area contributed by atoms with Crippen molar-refractivity contribution in [2.45, 2.75) is 58.0 Å². The molecule has 4 bridgehead atoms. The van der Waals surface area contributed by atoms with E-state index in [9.17, 15) is 14.7 Å². The summed E-state index contributed by atoms with van der Waals surface area (Å²) in [5, 5.41) is 9.90. The van der Waals surface area contributed by atoms with Gasteiger partial charge in [-0.05, 0) is 93.4 Å². The second kappa shape index (κ2) is 9.65. The molecule has 2 atom stereocenters. The number of benzene rings is 1. The van der Waals surface area contributed by atoms with E-state index in [1.54, 1.807) is 26.0 Å². The minimum absolute atomic E-state index is 0.224. The molecule has 4 aliphatic carbocycles. The standard InChI is InChI=1S/C26H34O6/c1-3-30-24(28)22(25(29)31-4-2)8-9-32-26-15-18-10-19(16-26)12-20(11-18)23(26)14-17-6-5-7-21(27)13-17/h5-7,13-14,18-20,22,27H,3-4,8-12,15-16H2,1-2H3. The summed E-state index contributed by atoms with van der Waals surface area (Å²) in [5.74, 6) is 0.0346. The van der Waals surface area contributed by atoms with Crippen LogP contribution in [0, 0.1) is 23.7 Å². The number of hydrogen-bond acceptors (Lipinski definition) is 6. The fourth-order valence-electron chi connectivity index (χ4n) is 6.21. The van der Waals surface area contributed by atoms with Gasteiger partial charge in [0.25, 0.3) is 0 Å². The molecule has 32 heavy (non-hydrogen) atoms. The van der Waals surface area contributed by atoms with E-state index >= 15 is 0 Å². The van der Waals surface area contributed by atoms with E-state index in [0.29, 0.717) is 24.4 Å². The first-order valence-electron chi connectivity index (χ1n) is 11.9. The molecule has 6 nitrogen and oxygen atoms in total. The van der Waals surface area contributed by atoms with Gasteiger partial charge in [0.15, 0.2) is 5.92 Å². The SMILES string of the molecule is CCOC(=O)C(CCOC12CC3CC(CC(C3)C1=Cc1cccc(O)c1)C2)C(=O)OCC. The molecule has 4 aliphatic rings. The van der Waals surface area contributed by atoms with Crippen LogP contribution in [0.5, 0.6) is 5.75 Å². The smallest absolute Gasteiger partial charge is 0.320 e. The van der Waals surface area contributed by atoms with E-state index in [1.165, 1.54) is 24.8 Å². The Morgan fingerprint density at radius 3 is 2.34 bits per heavy atom. The fourth-order valence-corrected chi connectivity index (χ4v) is 6.21. The van der Waals surface area contributed by atoms with Crippen LogP contribution in [0.3, 0.4) is 0 Å². The summed E-state index contributed by atoms with van der Waals surface area (Å²) in [5.41, 5.74) is 1.93. The Morgan fingerprint density at radius 2 is 1.75 bits per heavy atom. The van der Waals surface area contributed by atoms with E-state index in [0.717, 1.165) is 18.4 Å². The molecule has 6 heteroatoms. The maximum absolute atomic E-state index is 12.3. The summed E-state index contributed by atoms with van der Waals surface area (Å²) in [6, 6.07) is 7.32. The predicted octanol–water partition coefficient (Wildman–Crippen LogP) is 4.50. The molecule has 5 rings (SSSR count). The van der Waals surface area contributed by atoms with Crippen molar-refractivity contribution in [3.63, 3.8) is 0 Å². The quantitative estimate of drug-likeness (QED) is 0.448.